The minimum absolute atomic E-state index is 0.178. The highest BCUT2D eigenvalue weighted by Gasteiger charge is 2.09. The lowest BCUT2D eigenvalue weighted by Gasteiger charge is -2.13. The van der Waals surface area contributed by atoms with E-state index in [1.54, 1.807) is 0 Å². The van der Waals surface area contributed by atoms with Gasteiger partial charge in [-0.15, -0.1) is 0 Å². The van der Waals surface area contributed by atoms with Gasteiger partial charge in [0.05, 0.1) is 12.6 Å². The molecule has 0 aliphatic carbocycles. The van der Waals surface area contributed by atoms with Gasteiger partial charge in [0, 0.05) is 6.54 Å². The normalized spacial score (nSPS) is 11.9. The third-order valence-electron chi connectivity index (χ3n) is 2.04. The van der Waals surface area contributed by atoms with Crippen LogP contribution >= 0.6 is 0 Å². The molecule has 5 nitrogen and oxygen atoms in total. The van der Waals surface area contributed by atoms with Gasteiger partial charge in [0.2, 0.25) is 0 Å². The summed E-state index contributed by atoms with van der Waals surface area (Å²) in [5, 5.41) is 11.3. The molecule has 0 bridgehead atoms. The van der Waals surface area contributed by atoms with Gasteiger partial charge < -0.3 is 20.9 Å². The summed E-state index contributed by atoms with van der Waals surface area (Å²) in [4.78, 5) is 11.2. The highest BCUT2D eigenvalue weighted by atomic mass is 16.5. The monoisotopic (exact) mass is 224 g/mol. The lowest BCUT2D eigenvalue weighted by molar-refractivity contribution is 0.130. The second-order valence-corrected chi connectivity index (χ2v) is 3.32. The van der Waals surface area contributed by atoms with Gasteiger partial charge in [-0.05, 0) is 5.56 Å². The smallest absolute Gasteiger partial charge is 0.407 e. The SMILES string of the molecule is NC[C@H](CO)NC(=O)OCc1ccccc1. The van der Waals surface area contributed by atoms with Crippen LogP contribution in [0.1, 0.15) is 5.56 Å². The summed E-state index contributed by atoms with van der Waals surface area (Å²) < 4.78 is 4.95. The van der Waals surface area contributed by atoms with E-state index in [0.717, 1.165) is 5.56 Å². The fraction of sp³-hybridized carbons (Fsp3) is 0.364. The van der Waals surface area contributed by atoms with Crippen LogP contribution in [0.3, 0.4) is 0 Å². The van der Waals surface area contributed by atoms with Gasteiger partial charge in [-0.2, -0.15) is 0 Å². The predicted octanol–water partition coefficient (Wildman–Crippen LogP) is 0.232. The standard InChI is InChI=1S/C11H16N2O3/c12-6-10(7-14)13-11(15)16-8-9-4-2-1-3-5-9/h1-5,10,14H,6-8,12H2,(H,13,15)/t10-/m1/s1. The van der Waals surface area contributed by atoms with Gasteiger partial charge in [-0.25, -0.2) is 4.79 Å². The van der Waals surface area contributed by atoms with Crippen LogP contribution < -0.4 is 11.1 Å². The number of hydrogen-bond donors (Lipinski definition) is 3. The first kappa shape index (κ1) is 12.5. The number of alkyl carbamates (subject to hydrolysis) is 1. The van der Waals surface area contributed by atoms with E-state index in [9.17, 15) is 4.79 Å². The van der Waals surface area contributed by atoms with Crippen molar-refractivity contribution in [3.8, 4) is 0 Å². The van der Waals surface area contributed by atoms with Crippen LogP contribution in [0.4, 0.5) is 4.79 Å². The number of ether oxygens (including phenoxy) is 1. The summed E-state index contributed by atoms with van der Waals surface area (Å²) in [6.07, 6.45) is -0.576. The molecule has 0 radical (unpaired) electrons. The Kier molecular flexibility index (Phi) is 5.31. The van der Waals surface area contributed by atoms with Gasteiger partial charge in [0.25, 0.3) is 0 Å². The highest BCUT2D eigenvalue weighted by Crippen LogP contribution is 2.00. The molecule has 1 aromatic rings. The second-order valence-electron chi connectivity index (χ2n) is 3.32. The molecule has 1 rings (SSSR count). The molecule has 0 saturated carbocycles. The van der Waals surface area contributed by atoms with E-state index in [4.69, 9.17) is 15.6 Å². The number of benzene rings is 1. The molecule has 0 spiro atoms. The topological polar surface area (TPSA) is 84.6 Å². The Morgan fingerprint density at radius 3 is 2.69 bits per heavy atom. The average Bonchev–Trinajstić information content (AvgIpc) is 2.34. The molecular weight excluding hydrogens is 208 g/mol. The highest BCUT2D eigenvalue weighted by molar-refractivity contribution is 5.67. The largest absolute Gasteiger partial charge is 0.445 e. The van der Waals surface area contributed by atoms with E-state index in [1.165, 1.54) is 0 Å². The van der Waals surface area contributed by atoms with Crippen LogP contribution in [0.15, 0.2) is 30.3 Å². The molecule has 0 fully saturated rings. The summed E-state index contributed by atoms with van der Waals surface area (Å²) in [5.41, 5.74) is 6.22. The van der Waals surface area contributed by atoms with Crippen molar-refractivity contribution in [3.05, 3.63) is 35.9 Å². The summed E-state index contributed by atoms with van der Waals surface area (Å²) in [5.74, 6) is 0. The predicted molar refractivity (Wildman–Crippen MR) is 59.7 cm³/mol. The molecule has 4 N–H and O–H groups in total. The number of carbonyl (C=O) groups is 1. The molecule has 88 valence electrons. The van der Waals surface area contributed by atoms with E-state index in [0.29, 0.717) is 0 Å². The summed E-state index contributed by atoms with van der Waals surface area (Å²) in [6.45, 7) is 0.184. The van der Waals surface area contributed by atoms with Gasteiger partial charge in [-0.3, -0.25) is 0 Å². The van der Waals surface area contributed by atoms with Crippen molar-refractivity contribution in [1.82, 2.24) is 5.32 Å². The summed E-state index contributed by atoms with van der Waals surface area (Å²) in [7, 11) is 0. The van der Waals surface area contributed by atoms with Crippen LogP contribution in [0.2, 0.25) is 0 Å². The number of rotatable bonds is 5. The molecule has 16 heavy (non-hydrogen) atoms. The zero-order valence-electron chi connectivity index (χ0n) is 8.93. The van der Waals surface area contributed by atoms with Crippen LogP contribution in [-0.2, 0) is 11.3 Å². The average molecular weight is 224 g/mol. The molecule has 1 atom stereocenters. The van der Waals surface area contributed by atoms with E-state index >= 15 is 0 Å². The molecule has 0 aromatic heterocycles. The molecule has 1 aromatic carbocycles. The molecule has 0 saturated heterocycles. The Bertz CT molecular complexity index is 312. The number of amides is 1. The molecule has 1 amide bonds. The van der Waals surface area contributed by atoms with Gasteiger partial charge in [0.15, 0.2) is 0 Å². The van der Waals surface area contributed by atoms with Gasteiger partial charge >= 0.3 is 6.09 Å². The summed E-state index contributed by atoms with van der Waals surface area (Å²) in [6, 6.07) is 8.89. The van der Waals surface area contributed by atoms with E-state index in [2.05, 4.69) is 5.32 Å². The van der Waals surface area contributed by atoms with Crippen molar-refractivity contribution in [2.45, 2.75) is 12.6 Å². The zero-order valence-corrected chi connectivity index (χ0v) is 8.93. The maximum Gasteiger partial charge on any atom is 0.407 e. The lowest BCUT2D eigenvalue weighted by atomic mass is 10.2. The molecule has 0 heterocycles. The number of carbonyl (C=O) groups excluding carboxylic acids is 1. The summed E-state index contributed by atoms with van der Waals surface area (Å²) >= 11 is 0. The minimum Gasteiger partial charge on any atom is -0.445 e. The molecule has 5 heteroatoms. The number of nitrogens with one attached hydrogen (secondary N) is 1. The van der Waals surface area contributed by atoms with Crippen LogP contribution in [0, 0.1) is 0 Å². The van der Waals surface area contributed by atoms with Crippen LogP contribution in [0.5, 0.6) is 0 Å². The van der Waals surface area contributed by atoms with Crippen molar-refractivity contribution in [2.75, 3.05) is 13.2 Å². The molecular formula is C11H16N2O3. The Hall–Kier alpha value is -1.59. The number of nitrogens with two attached hydrogens (primary N) is 1. The molecule has 0 aliphatic rings. The van der Waals surface area contributed by atoms with E-state index in [-0.39, 0.29) is 19.8 Å². The van der Waals surface area contributed by atoms with Crippen molar-refractivity contribution in [2.24, 2.45) is 5.73 Å². The second kappa shape index (κ2) is 6.81. The van der Waals surface area contributed by atoms with Crippen LogP contribution in [0.25, 0.3) is 0 Å². The first-order valence-electron chi connectivity index (χ1n) is 5.04. The molecule has 0 unspecified atom stereocenters. The van der Waals surface area contributed by atoms with Gasteiger partial charge in [0.1, 0.15) is 6.61 Å². The van der Waals surface area contributed by atoms with Crippen LogP contribution in [-0.4, -0.2) is 30.4 Å². The van der Waals surface area contributed by atoms with Crippen molar-refractivity contribution < 1.29 is 14.6 Å². The van der Waals surface area contributed by atoms with Crippen molar-refractivity contribution in [1.29, 1.82) is 0 Å². The number of aliphatic hydroxyl groups is 1. The Balaban J connectivity index is 2.30. The fourth-order valence-electron chi connectivity index (χ4n) is 1.11. The maximum atomic E-state index is 11.2. The van der Waals surface area contributed by atoms with E-state index in [1.807, 2.05) is 30.3 Å². The number of hydrogen-bond acceptors (Lipinski definition) is 4. The maximum absolute atomic E-state index is 11.2. The number of aliphatic hydroxyl groups excluding tert-OH is 1. The van der Waals surface area contributed by atoms with Crippen molar-refractivity contribution in [3.63, 3.8) is 0 Å². The van der Waals surface area contributed by atoms with Crippen molar-refractivity contribution >= 4 is 6.09 Å². The minimum atomic E-state index is -0.576. The quantitative estimate of drug-likeness (QED) is 0.668. The molecule has 0 aliphatic heterocycles. The third-order valence-corrected chi connectivity index (χ3v) is 2.04. The Morgan fingerprint density at radius 1 is 1.44 bits per heavy atom. The Morgan fingerprint density at radius 2 is 2.12 bits per heavy atom. The Labute approximate surface area is 94.2 Å². The first-order chi connectivity index (χ1) is 7.76. The lowest BCUT2D eigenvalue weighted by Crippen LogP contribution is -2.42. The third kappa shape index (κ3) is 4.29. The fourth-order valence-corrected chi connectivity index (χ4v) is 1.11. The van der Waals surface area contributed by atoms with E-state index < -0.39 is 12.1 Å². The zero-order chi connectivity index (χ0) is 11.8. The van der Waals surface area contributed by atoms with Gasteiger partial charge in [-0.1, -0.05) is 30.3 Å². The first-order valence-corrected chi connectivity index (χ1v) is 5.04.